The van der Waals surface area contributed by atoms with Gasteiger partial charge in [-0.15, -0.1) is 0 Å². The molecule has 0 saturated carbocycles. The Balaban J connectivity index is 1.59. The van der Waals surface area contributed by atoms with Crippen LogP contribution in [-0.2, 0) is 39.1 Å². The van der Waals surface area contributed by atoms with Crippen LogP contribution in [0, 0.1) is 0 Å². The van der Waals surface area contributed by atoms with Gasteiger partial charge >= 0.3 is 11.9 Å². The van der Waals surface area contributed by atoms with E-state index >= 15 is 0 Å². The lowest BCUT2D eigenvalue weighted by molar-refractivity contribution is -0.137. The molecule has 1 aliphatic heterocycles. The summed E-state index contributed by atoms with van der Waals surface area (Å²) >= 11 is 0. The van der Waals surface area contributed by atoms with Gasteiger partial charge in [-0.3, -0.25) is 18.4 Å². The minimum atomic E-state index is -4.64. The van der Waals surface area contributed by atoms with Crippen LogP contribution in [0.5, 0.6) is 0 Å². The van der Waals surface area contributed by atoms with E-state index in [-0.39, 0.29) is 22.7 Å². The molecule has 43 heavy (non-hydrogen) atoms. The molecule has 0 unspecified atom stereocenters. The molecule has 1 saturated heterocycles. The van der Waals surface area contributed by atoms with Crippen LogP contribution in [0.25, 0.3) is 50.4 Å². The van der Waals surface area contributed by atoms with Gasteiger partial charge in [-0.05, 0) is 54.2 Å². The number of imidazole rings is 3. The van der Waals surface area contributed by atoms with Crippen LogP contribution in [-0.4, -0.2) is 51.2 Å². The molecule has 5 heterocycles. The highest BCUT2D eigenvalue weighted by Gasteiger charge is 2.36. The highest BCUT2D eigenvalue weighted by atomic mass is 19.4. The second kappa shape index (κ2) is 9.69. The molecule has 2 aromatic carbocycles. The van der Waals surface area contributed by atoms with E-state index in [9.17, 15) is 18.0 Å². The van der Waals surface area contributed by atoms with Crippen LogP contribution >= 0.6 is 0 Å². The van der Waals surface area contributed by atoms with Crippen molar-refractivity contribution in [1.82, 2.24) is 38.0 Å². The SMILES string of the molecule is Cn1cc(-c2cc3nc(-c4cncn4C)n(-c4cc(C5CCOCC5)c5c(c4)n(C)c(=O)n5C)c3cc2C(F)(F)F)cn1. The van der Waals surface area contributed by atoms with Crippen LogP contribution in [0.1, 0.15) is 29.9 Å². The Morgan fingerprint density at radius 3 is 2.37 bits per heavy atom. The predicted molar refractivity (Wildman–Crippen MR) is 155 cm³/mol. The minimum absolute atomic E-state index is 0.00175. The van der Waals surface area contributed by atoms with Crippen molar-refractivity contribution < 1.29 is 17.9 Å². The van der Waals surface area contributed by atoms with E-state index in [0.717, 1.165) is 30.0 Å². The largest absolute Gasteiger partial charge is 0.417 e. The van der Waals surface area contributed by atoms with Crippen molar-refractivity contribution in [2.24, 2.45) is 28.2 Å². The van der Waals surface area contributed by atoms with E-state index in [4.69, 9.17) is 9.72 Å². The van der Waals surface area contributed by atoms with Crippen LogP contribution < -0.4 is 5.69 Å². The Hall–Kier alpha value is -4.65. The average Bonchev–Trinajstić information content (AvgIpc) is 3.75. The number of rotatable bonds is 4. The maximum absolute atomic E-state index is 14.6. The van der Waals surface area contributed by atoms with E-state index in [1.807, 2.05) is 19.2 Å². The zero-order chi connectivity index (χ0) is 30.2. The van der Waals surface area contributed by atoms with Crippen LogP contribution in [0.4, 0.5) is 13.2 Å². The van der Waals surface area contributed by atoms with Crippen molar-refractivity contribution in [3.63, 3.8) is 0 Å². The lowest BCUT2D eigenvalue weighted by Crippen LogP contribution is -2.20. The van der Waals surface area contributed by atoms with Gasteiger partial charge in [-0.2, -0.15) is 18.3 Å². The molecule has 0 atom stereocenters. The third-order valence-corrected chi connectivity index (χ3v) is 8.45. The minimum Gasteiger partial charge on any atom is -0.381 e. The van der Waals surface area contributed by atoms with E-state index in [1.165, 1.54) is 16.9 Å². The van der Waals surface area contributed by atoms with E-state index in [0.29, 0.717) is 47.0 Å². The normalized spacial score (nSPS) is 14.9. The van der Waals surface area contributed by atoms with Gasteiger partial charge in [-0.25, -0.2) is 14.8 Å². The summed E-state index contributed by atoms with van der Waals surface area (Å²) in [6, 6.07) is 6.47. The molecule has 0 aliphatic carbocycles. The Labute approximate surface area is 243 Å². The lowest BCUT2D eigenvalue weighted by Gasteiger charge is -2.24. The fourth-order valence-electron chi connectivity index (χ4n) is 6.28. The number of hydrogen-bond acceptors (Lipinski definition) is 5. The summed E-state index contributed by atoms with van der Waals surface area (Å²) in [7, 11) is 6.92. The Morgan fingerprint density at radius 2 is 1.72 bits per heavy atom. The van der Waals surface area contributed by atoms with Gasteiger partial charge < -0.3 is 9.30 Å². The Bertz CT molecular complexity index is 2090. The molecule has 0 bridgehead atoms. The van der Waals surface area contributed by atoms with Crippen LogP contribution in [0.2, 0.25) is 0 Å². The summed E-state index contributed by atoms with van der Waals surface area (Å²) in [6.45, 7) is 1.19. The van der Waals surface area contributed by atoms with Gasteiger partial charge in [0.05, 0.1) is 52.0 Å². The first kappa shape index (κ1) is 27.2. The molecule has 1 fully saturated rings. The van der Waals surface area contributed by atoms with Crippen LogP contribution in [0.3, 0.4) is 0 Å². The number of ether oxygens (including phenoxy) is 1. The molecule has 13 heteroatoms. The number of aromatic nitrogens is 8. The summed E-state index contributed by atoms with van der Waals surface area (Å²) in [5.74, 6) is 0.548. The van der Waals surface area contributed by atoms with E-state index < -0.39 is 11.7 Å². The number of halogens is 3. The average molecular weight is 591 g/mol. The third kappa shape index (κ3) is 4.29. The fraction of sp³-hybridized carbons (Fsp3) is 0.333. The topological polar surface area (TPSA) is 89.6 Å². The molecular weight excluding hydrogens is 561 g/mol. The zero-order valence-electron chi connectivity index (χ0n) is 24.1. The summed E-state index contributed by atoms with van der Waals surface area (Å²) in [6.07, 6.45) is 3.14. The number of alkyl halides is 3. The molecule has 222 valence electrons. The smallest absolute Gasteiger partial charge is 0.381 e. The number of hydrogen-bond donors (Lipinski definition) is 0. The summed E-state index contributed by atoms with van der Waals surface area (Å²) in [4.78, 5) is 22.2. The number of benzene rings is 2. The van der Waals surface area contributed by atoms with Gasteiger partial charge in [-0.1, -0.05) is 0 Å². The quantitative estimate of drug-likeness (QED) is 0.291. The van der Waals surface area contributed by atoms with Crippen molar-refractivity contribution in [3.05, 3.63) is 70.8 Å². The van der Waals surface area contributed by atoms with Gasteiger partial charge in [0.25, 0.3) is 0 Å². The molecule has 0 radical (unpaired) electrons. The fourth-order valence-corrected chi connectivity index (χ4v) is 6.28. The van der Waals surface area contributed by atoms with Gasteiger partial charge in [0, 0.05) is 53.2 Å². The second-order valence-electron chi connectivity index (χ2n) is 11.1. The molecule has 0 spiro atoms. The van der Waals surface area contributed by atoms with Crippen molar-refractivity contribution in [2.75, 3.05) is 13.2 Å². The Kier molecular flexibility index (Phi) is 6.13. The van der Waals surface area contributed by atoms with E-state index in [1.54, 1.807) is 58.1 Å². The van der Waals surface area contributed by atoms with Gasteiger partial charge in [0.1, 0.15) is 5.69 Å². The maximum Gasteiger partial charge on any atom is 0.417 e. The molecule has 4 aromatic heterocycles. The highest BCUT2D eigenvalue weighted by Crippen LogP contribution is 2.42. The summed E-state index contributed by atoms with van der Waals surface area (Å²) in [5, 5.41) is 4.09. The first-order valence-electron chi connectivity index (χ1n) is 13.9. The highest BCUT2D eigenvalue weighted by molar-refractivity contribution is 5.90. The molecule has 6 aromatic rings. The van der Waals surface area contributed by atoms with Crippen molar-refractivity contribution in [1.29, 1.82) is 0 Å². The Morgan fingerprint density at radius 1 is 0.953 bits per heavy atom. The molecular formula is C30H29F3N8O2. The second-order valence-corrected chi connectivity index (χ2v) is 11.1. The monoisotopic (exact) mass is 590 g/mol. The van der Waals surface area contributed by atoms with Gasteiger partial charge in [0.15, 0.2) is 5.82 Å². The van der Waals surface area contributed by atoms with Crippen molar-refractivity contribution in [2.45, 2.75) is 24.9 Å². The van der Waals surface area contributed by atoms with E-state index in [2.05, 4.69) is 10.1 Å². The predicted octanol–water partition coefficient (Wildman–Crippen LogP) is 4.93. The molecule has 0 N–H and O–H groups in total. The molecule has 10 nitrogen and oxygen atoms in total. The molecule has 7 rings (SSSR count). The first-order valence-corrected chi connectivity index (χ1v) is 13.9. The molecule has 1 aliphatic rings. The molecule has 0 amide bonds. The van der Waals surface area contributed by atoms with Crippen molar-refractivity contribution >= 4 is 22.1 Å². The maximum atomic E-state index is 14.6. The van der Waals surface area contributed by atoms with Crippen molar-refractivity contribution in [3.8, 4) is 28.3 Å². The number of fused-ring (bicyclic) bond motifs is 2. The summed E-state index contributed by atoms with van der Waals surface area (Å²) < 4.78 is 57.7. The standard InChI is InChI=1S/C30H29F3N8O2/c1-37-16-34-14-26(37)28-36-23-11-20(18-13-35-38(2)15-18)22(30(31,32)33)12-24(23)41(28)19-9-21(17-5-7-43-8-6-17)27-25(10-19)39(3)29(42)40(27)4/h9-17H,5-8H2,1-4H3. The van der Waals surface area contributed by atoms with Gasteiger partial charge in [0.2, 0.25) is 0 Å². The first-order chi connectivity index (χ1) is 20.5. The zero-order valence-corrected chi connectivity index (χ0v) is 24.1. The summed E-state index contributed by atoms with van der Waals surface area (Å²) in [5.41, 5.74) is 3.74. The number of aryl methyl sites for hydroxylation is 4. The third-order valence-electron chi connectivity index (χ3n) is 8.45. The lowest BCUT2D eigenvalue weighted by atomic mass is 9.90. The number of nitrogens with zero attached hydrogens (tertiary/aromatic N) is 8. The van der Waals surface area contributed by atoms with Crippen LogP contribution in [0.15, 0.2) is 54.0 Å².